The highest BCUT2D eigenvalue weighted by Crippen LogP contribution is 2.16. The molecule has 0 saturated heterocycles. The van der Waals surface area contributed by atoms with Gasteiger partial charge in [-0.15, -0.1) is 0 Å². The summed E-state index contributed by atoms with van der Waals surface area (Å²) >= 11 is 0. The largest absolute Gasteiger partial charge is 0.351 e. The third-order valence-electron chi connectivity index (χ3n) is 1.49. The van der Waals surface area contributed by atoms with Crippen LogP contribution in [0, 0.1) is 11.6 Å². The number of hydrogen-bond donors (Lipinski definition) is 1. The molecule has 1 atom stereocenters. The number of hydrogen-bond acceptors (Lipinski definition) is 0. The average molecular weight is 158 g/mol. The fourth-order valence-corrected chi connectivity index (χ4v) is 0.981. The summed E-state index contributed by atoms with van der Waals surface area (Å²) in [5, 5.41) is 0. The van der Waals surface area contributed by atoms with E-state index in [-0.39, 0.29) is 11.6 Å². The Morgan fingerprint density at radius 3 is 2.00 bits per heavy atom. The molecule has 1 nitrogen and oxygen atoms in total. The van der Waals surface area contributed by atoms with Gasteiger partial charge in [-0.05, 0) is 19.1 Å². The van der Waals surface area contributed by atoms with Crippen LogP contribution in [-0.2, 0) is 0 Å². The number of rotatable bonds is 1. The molecule has 1 aromatic carbocycles. The van der Waals surface area contributed by atoms with Crippen LogP contribution in [-0.4, -0.2) is 0 Å². The molecule has 1 rings (SSSR count). The maximum Gasteiger partial charge on any atom is 0.135 e. The van der Waals surface area contributed by atoms with Gasteiger partial charge in [0.2, 0.25) is 0 Å². The first kappa shape index (κ1) is 8.14. The molecule has 0 radical (unpaired) electrons. The van der Waals surface area contributed by atoms with Crippen molar-refractivity contribution >= 4 is 0 Å². The molecule has 1 aromatic rings. The van der Waals surface area contributed by atoms with Crippen LogP contribution in [0.15, 0.2) is 18.2 Å². The second-order valence-corrected chi connectivity index (χ2v) is 2.54. The number of quaternary nitrogens is 1. The third kappa shape index (κ3) is 1.54. The molecule has 11 heavy (non-hydrogen) atoms. The van der Waals surface area contributed by atoms with Gasteiger partial charge in [-0.25, -0.2) is 8.78 Å². The topological polar surface area (TPSA) is 27.6 Å². The number of benzene rings is 1. The standard InChI is InChI=1S/C8H9F2N/c1-5(11)8-6(9)3-2-4-7(8)10/h2-5H,11H2,1H3/p+1/t5-/m0/s1. The Morgan fingerprint density at radius 2 is 1.73 bits per heavy atom. The maximum absolute atomic E-state index is 12.8. The van der Waals surface area contributed by atoms with E-state index in [1.54, 1.807) is 6.92 Å². The minimum atomic E-state index is -0.521. The van der Waals surface area contributed by atoms with Crippen molar-refractivity contribution in [3.05, 3.63) is 35.4 Å². The van der Waals surface area contributed by atoms with Gasteiger partial charge >= 0.3 is 0 Å². The predicted octanol–water partition coefficient (Wildman–Crippen LogP) is 1.27. The zero-order valence-corrected chi connectivity index (χ0v) is 6.27. The molecular weight excluding hydrogens is 148 g/mol. The molecule has 0 aromatic heterocycles. The van der Waals surface area contributed by atoms with Crippen LogP contribution in [0.1, 0.15) is 18.5 Å². The van der Waals surface area contributed by atoms with E-state index in [9.17, 15) is 8.78 Å². The van der Waals surface area contributed by atoms with Crippen LogP contribution in [0.5, 0.6) is 0 Å². The Hall–Kier alpha value is -0.960. The molecule has 0 aliphatic rings. The van der Waals surface area contributed by atoms with Crippen LogP contribution in [0.4, 0.5) is 8.78 Å². The fraction of sp³-hybridized carbons (Fsp3) is 0.250. The summed E-state index contributed by atoms with van der Waals surface area (Å²) in [5.41, 5.74) is 3.61. The molecule has 3 N–H and O–H groups in total. The summed E-state index contributed by atoms with van der Waals surface area (Å²) in [6.07, 6.45) is 0. The van der Waals surface area contributed by atoms with E-state index in [1.807, 2.05) is 0 Å². The lowest BCUT2D eigenvalue weighted by Crippen LogP contribution is -2.52. The highest BCUT2D eigenvalue weighted by Gasteiger charge is 2.13. The van der Waals surface area contributed by atoms with Gasteiger partial charge in [-0.1, -0.05) is 6.07 Å². The first-order valence-corrected chi connectivity index (χ1v) is 3.40. The van der Waals surface area contributed by atoms with Crippen molar-refractivity contribution in [3.8, 4) is 0 Å². The Balaban J connectivity index is 3.21. The molecule has 3 heteroatoms. The van der Waals surface area contributed by atoms with Crippen molar-refractivity contribution in [2.75, 3.05) is 0 Å². The molecule has 0 spiro atoms. The van der Waals surface area contributed by atoms with Crippen molar-refractivity contribution < 1.29 is 14.5 Å². The lowest BCUT2D eigenvalue weighted by atomic mass is 10.1. The normalized spacial score (nSPS) is 13.1. The Kier molecular flexibility index (Phi) is 2.19. The van der Waals surface area contributed by atoms with Crippen molar-refractivity contribution in [1.82, 2.24) is 0 Å². The van der Waals surface area contributed by atoms with Gasteiger partial charge in [0.25, 0.3) is 0 Å². The summed E-state index contributed by atoms with van der Waals surface area (Å²) in [6.45, 7) is 1.65. The van der Waals surface area contributed by atoms with Crippen LogP contribution in [0.25, 0.3) is 0 Å². The van der Waals surface area contributed by atoms with E-state index in [0.717, 1.165) is 0 Å². The molecule has 0 fully saturated rings. The predicted molar refractivity (Wildman–Crippen MR) is 37.7 cm³/mol. The van der Waals surface area contributed by atoms with Gasteiger partial charge in [-0.3, -0.25) is 0 Å². The zero-order chi connectivity index (χ0) is 8.43. The van der Waals surface area contributed by atoms with Crippen LogP contribution >= 0.6 is 0 Å². The van der Waals surface area contributed by atoms with Gasteiger partial charge in [0, 0.05) is 0 Å². The van der Waals surface area contributed by atoms with Crippen LogP contribution in [0.3, 0.4) is 0 Å². The minimum absolute atomic E-state index is 0.0625. The quantitative estimate of drug-likeness (QED) is 0.637. The van der Waals surface area contributed by atoms with E-state index < -0.39 is 11.6 Å². The van der Waals surface area contributed by atoms with Gasteiger partial charge in [0.1, 0.15) is 17.7 Å². The molecule has 0 aliphatic carbocycles. The van der Waals surface area contributed by atoms with Crippen molar-refractivity contribution in [2.24, 2.45) is 0 Å². The minimum Gasteiger partial charge on any atom is -0.351 e. The van der Waals surface area contributed by atoms with E-state index in [1.165, 1.54) is 18.2 Å². The highest BCUT2D eigenvalue weighted by molar-refractivity contribution is 5.20. The SMILES string of the molecule is C[C@H]([NH3+])c1c(F)cccc1F. The van der Waals surface area contributed by atoms with Gasteiger partial charge in [-0.2, -0.15) is 0 Å². The maximum atomic E-state index is 12.8. The van der Waals surface area contributed by atoms with Crippen molar-refractivity contribution in [1.29, 1.82) is 0 Å². The first-order chi connectivity index (χ1) is 5.13. The lowest BCUT2D eigenvalue weighted by molar-refractivity contribution is -0.421. The van der Waals surface area contributed by atoms with E-state index in [0.29, 0.717) is 0 Å². The lowest BCUT2D eigenvalue weighted by Gasteiger charge is -2.04. The summed E-state index contributed by atoms with van der Waals surface area (Å²) in [5.74, 6) is -1.04. The van der Waals surface area contributed by atoms with Crippen molar-refractivity contribution in [2.45, 2.75) is 13.0 Å². The molecule has 0 bridgehead atoms. The second kappa shape index (κ2) is 2.96. The summed E-state index contributed by atoms with van der Waals surface area (Å²) in [4.78, 5) is 0. The Bertz CT molecular complexity index is 238. The smallest absolute Gasteiger partial charge is 0.135 e. The first-order valence-electron chi connectivity index (χ1n) is 3.40. The summed E-state index contributed by atoms with van der Waals surface area (Å²) in [6, 6.07) is 3.47. The molecule has 60 valence electrons. The Morgan fingerprint density at radius 1 is 1.27 bits per heavy atom. The van der Waals surface area contributed by atoms with Crippen LogP contribution in [0.2, 0.25) is 0 Å². The molecule has 0 saturated carbocycles. The monoisotopic (exact) mass is 158 g/mol. The molecule has 0 unspecified atom stereocenters. The summed E-state index contributed by atoms with van der Waals surface area (Å²) < 4.78 is 25.6. The summed E-state index contributed by atoms with van der Waals surface area (Å²) in [7, 11) is 0. The van der Waals surface area contributed by atoms with E-state index in [2.05, 4.69) is 5.73 Å². The fourth-order valence-electron chi connectivity index (χ4n) is 0.981. The zero-order valence-electron chi connectivity index (χ0n) is 6.27. The number of halogens is 2. The molecular formula is C8H10F2N+. The van der Waals surface area contributed by atoms with Gasteiger partial charge in [0.05, 0.1) is 5.56 Å². The molecule has 0 amide bonds. The van der Waals surface area contributed by atoms with Crippen LogP contribution < -0.4 is 5.73 Å². The molecule has 0 aliphatic heterocycles. The third-order valence-corrected chi connectivity index (χ3v) is 1.49. The molecule has 0 heterocycles. The highest BCUT2D eigenvalue weighted by atomic mass is 19.1. The van der Waals surface area contributed by atoms with Gasteiger partial charge in [0.15, 0.2) is 0 Å². The average Bonchev–Trinajstić information content (AvgIpc) is 1.85. The van der Waals surface area contributed by atoms with E-state index in [4.69, 9.17) is 0 Å². The van der Waals surface area contributed by atoms with E-state index >= 15 is 0 Å². The van der Waals surface area contributed by atoms with Crippen molar-refractivity contribution in [3.63, 3.8) is 0 Å². The van der Waals surface area contributed by atoms with Gasteiger partial charge < -0.3 is 5.73 Å². The second-order valence-electron chi connectivity index (χ2n) is 2.54. The Labute approximate surface area is 63.8 Å².